The zero-order valence-electron chi connectivity index (χ0n) is 14.2. The predicted molar refractivity (Wildman–Crippen MR) is 95.9 cm³/mol. The lowest BCUT2D eigenvalue weighted by atomic mass is 10.1. The summed E-state index contributed by atoms with van der Waals surface area (Å²) in [6.07, 6.45) is 3.00. The molecule has 1 atom stereocenters. The van der Waals surface area contributed by atoms with Crippen molar-refractivity contribution in [1.82, 2.24) is 18.9 Å². The van der Waals surface area contributed by atoms with E-state index in [0.717, 1.165) is 17.1 Å². The van der Waals surface area contributed by atoms with E-state index in [2.05, 4.69) is 14.7 Å². The summed E-state index contributed by atoms with van der Waals surface area (Å²) < 4.78 is 33.9. The van der Waals surface area contributed by atoms with Gasteiger partial charge in [0.2, 0.25) is 0 Å². The van der Waals surface area contributed by atoms with Gasteiger partial charge in [-0.1, -0.05) is 0 Å². The van der Waals surface area contributed by atoms with Crippen molar-refractivity contribution in [2.24, 2.45) is 4.99 Å². The summed E-state index contributed by atoms with van der Waals surface area (Å²) in [4.78, 5) is 22.8. The van der Waals surface area contributed by atoms with Crippen LogP contribution in [0.2, 0.25) is 0 Å². The van der Waals surface area contributed by atoms with Gasteiger partial charge in [-0.15, -0.1) is 11.3 Å². The molecule has 0 amide bonds. The molecule has 0 aromatic carbocycles. The molecule has 1 aromatic heterocycles. The van der Waals surface area contributed by atoms with Crippen LogP contribution < -0.4 is 4.72 Å². The molecule has 0 spiro atoms. The molecule has 2 fully saturated rings. The fourth-order valence-electron chi connectivity index (χ4n) is 3.28. The molecule has 0 unspecified atom stereocenters. The molecule has 4 heterocycles. The van der Waals surface area contributed by atoms with E-state index < -0.39 is 16.2 Å². The lowest BCUT2D eigenvalue weighted by molar-refractivity contribution is -0.136. The summed E-state index contributed by atoms with van der Waals surface area (Å²) in [6.45, 7) is 1.71. The van der Waals surface area contributed by atoms with Gasteiger partial charge in [0.1, 0.15) is 0 Å². The van der Waals surface area contributed by atoms with Crippen molar-refractivity contribution in [2.45, 2.75) is 18.9 Å². The average molecular weight is 397 g/mol. The molecule has 11 heteroatoms. The number of nitrogens with zero attached hydrogens (tertiary/aromatic N) is 4. The molecule has 0 radical (unpaired) electrons. The Bertz CT molecular complexity index is 874. The highest BCUT2D eigenvalue weighted by Crippen LogP contribution is 2.32. The smallest absolute Gasteiger partial charge is 0.337 e. The second kappa shape index (κ2) is 6.72. The monoisotopic (exact) mass is 397 g/mol. The fourth-order valence-corrected chi connectivity index (χ4v) is 5.40. The maximum absolute atomic E-state index is 12.4. The number of rotatable bonds is 5. The standard InChI is InChI=1S/C15H19N5O4S2/c1-24-15(21)11-8-17-13(14-16-3-6-25-14)20-9-10(7-12(11)20)18-26(22,23)19-4-2-5-19/h3,6,10,18H,2,4-5,7-9H2,1H3/t10-/m0/s1. The van der Waals surface area contributed by atoms with E-state index in [1.165, 1.54) is 22.8 Å². The first kappa shape index (κ1) is 17.6. The first-order valence-electron chi connectivity index (χ1n) is 8.29. The van der Waals surface area contributed by atoms with Gasteiger partial charge in [-0.05, 0) is 6.42 Å². The summed E-state index contributed by atoms with van der Waals surface area (Å²) in [7, 11) is -2.17. The van der Waals surface area contributed by atoms with Crippen molar-refractivity contribution >= 4 is 33.4 Å². The number of carbonyl (C=O) groups excluding carboxylic acids is 1. The van der Waals surface area contributed by atoms with E-state index in [4.69, 9.17) is 4.74 Å². The summed E-state index contributed by atoms with van der Waals surface area (Å²) >= 11 is 1.46. The Balaban J connectivity index is 1.61. The Morgan fingerprint density at radius 1 is 1.42 bits per heavy atom. The van der Waals surface area contributed by atoms with E-state index in [9.17, 15) is 13.2 Å². The summed E-state index contributed by atoms with van der Waals surface area (Å²) in [6, 6.07) is -0.335. The second-order valence-electron chi connectivity index (χ2n) is 6.28. The summed E-state index contributed by atoms with van der Waals surface area (Å²) in [5.74, 6) is 0.242. The normalized spacial score (nSPS) is 23.5. The SMILES string of the molecule is COC(=O)C1=C2C[C@H](NS(=O)(=O)N3CCC3)CN2C(c2nccs2)=NC1. The van der Waals surface area contributed by atoms with Crippen LogP contribution in [0.25, 0.3) is 0 Å². The number of methoxy groups -OCH3 is 1. The number of amidine groups is 1. The number of hydrogen-bond donors (Lipinski definition) is 1. The minimum Gasteiger partial charge on any atom is -0.466 e. The molecule has 0 saturated carbocycles. The van der Waals surface area contributed by atoms with Crippen LogP contribution in [-0.4, -0.2) is 73.7 Å². The van der Waals surface area contributed by atoms with E-state index in [0.29, 0.717) is 37.5 Å². The predicted octanol–water partition coefficient (Wildman–Crippen LogP) is -0.0552. The zero-order valence-corrected chi connectivity index (χ0v) is 15.8. The van der Waals surface area contributed by atoms with Gasteiger partial charge in [0.25, 0.3) is 10.2 Å². The highest BCUT2D eigenvalue weighted by molar-refractivity contribution is 7.87. The Kier molecular flexibility index (Phi) is 4.55. The van der Waals surface area contributed by atoms with Gasteiger partial charge in [-0.3, -0.25) is 4.99 Å². The molecule has 9 nitrogen and oxygen atoms in total. The van der Waals surface area contributed by atoms with Gasteiger partial charge in [-0.2, -0.15) is 17.4 Å². The molecule has 3 aliphatic rings. The number of aliphatic imine (C=N–C) groups is 1. The van der Waals surface area contributed by atoms with Crippen LogP contribution in [0, 0.1) is 0 Å². The number of aromatic nitrogens is 1. The number of fused-ring (bicyclic) bond motifs is 1. The maximum Gasteiger partial charge on any atom is 0.337 e. The van der Waals surface area contributed by atoms with Crippen LogP contribution >= 0.6 is 11.3 Å². The van der Waals surface area contributed by atoms with Crippen LogP contribution in [-0.2, 0) is 19.7 Å². The molecule has 1 aromatic rings. The van der Waals surface area contributed by atoms with Gasteiger partial charge in [0.05, 0.1) is 19.2 Å². The van der Waals surface area contributed by atoms with E-state index in [1.807, 2.05) is 10.3 Å². The second-order valence-corrected chi connectivity index (χ2v) is 8.88. The molecule has 2 saturated heterocycles. The fraction of sp³-hybridized carbons (Fsp3) is 0.533. The van der Waals surface area contributed by atoms with Gasteiger partial charge in [-0.25, -0.2) is 9.78 Å². The van der Waals surface area contributed by atoms with Crippen LogP contribution in [0.3, 0.4) is 0 Å². The molecule has 0 aliphatic carbocycles. The van der Waals surface area contributed by atoms with Crippen molar-refractivity contribution in [3.63, 3.8) is 0 Å². The summed E-state index contributed by atoms with van der Waals surface area (Å²) in [5.41, 5.74) is 1.23. The van der Waals surface area contributed by atoms with E-state index >= 15 is 0 Å². The number of hydrogen-bond acceptors (Lipinski definition) is 8. The molecule has 1 N–H and O–H groups in total. The van der Waals surface area contributed by atoms with Gasteiger partial charge in [0.15, 0.2) is 10.8 Å². The lowest BCUT2D eigenvalue weighted by Gasteiger charge is -2.31. The minimum atomic E-state index is -3.50. The number of ether oxygens (including phenoxy) is 1. The molecule has 3 aliphatic heterocycles. The first-order chi connectivity index (χ1) is 12.5. The zero-order chi connectivity index (χ0) is 18.3. The molecular weight excluding hydrogens is 378 g/mol. The minimum absolute atomic E-state index is 0.207. The van der Waals surface area contributed by atoms with Crippen molar-refractivity contribution < 1.29 is 17.9 Å². The van der Waals surface area contributed by atoms with Crippen LogP contribution in [0.1, 0.15) is 17.8 Å². The highest BCUT2D eigenvalue weighted by Gasteiger charge is 2.40. The molecule has 140 valence electrons. The number of carbonyl (C=O) groups is 1. The van der Waals surface area contributed by atoms with Crippen molar-refractivity contribution in [2.75, 3.05) is 33.3 Å². The number of thiazole rings is 1. The Labute approximate surface area is 155 Å². The molecule has 26 heavy (non-hydrogen) atoms. The van der Waals surface area contributed by atoms with E-state index in [-0.39, 0.29) is 12.6 Å². The van der Waals surface area contributed by atoms with Gasteiger partial charge < -0.3 is 9.64 Å². The van der Waals surface area contributed by atoms with Gasteiger partial charge >= 0.3 is 5.97 Å². The number of nitrogens with one attached hydrogen (secondary N) is 1. The van der Waals surface area contributed by atoms with Crippen molar-refractivity contribution in [3.8, 4) is 0 Å². The Morgan fingerprint density at radius 2 is 2.23 bits per heavy atom. The topological polar surface area (TPSA) is 104 Å². The number of esters is 1. The Hall–Kier alpha value is -1.82. The van der Waals surface area contributed by atoms with Crippen LogP contribution in [0.5, 0.6) is 0 Å². The van der Waals surface area contributed by atoms with Crippen molar-refractivity contribution in [1.29, 1.82) is 0 Å². The maximum atomic E-state index is 12.4. The average Bonchev–Trinajstić information content (AvgIpc) is 3.19. The quantitative estimate of drug-likeness (QED) is 0.699. The third kappa shape index (κ3) is 3.04. The summed E-state index contributed by atoms with van der Waals surface area (Å²) in [5, 5.41) is 2.61. The van der Waals surface area contributed by atoms with Gasteiger partial charge in [0, 0.05) is 49.4 Å². The molecule has 4 rings (SSSR count). The first-order valence-corrected chi connectivity index (χ1v) is 10.6. The highest BCUT2D eigenvalue weighted by atomic mass is 32.2. The van der Waals surface area contributed by atoms with Crippen LogP contribution in [0.4, 0.5) is 0 Å². The largest absolute Gasteiger partial charge is 0.466 e. The Morgan fingerprint density at radius 3 is 2.85 bits per heavy atom. The third-order valence-electron chi connectivity index (χ3n) is 4.69. The molecule has 0 bridgehead atoms. The molecular formula is C15H19N5O4S2. The van der Waals surface area contributed by atoms with Crippen LogP contribution in [0.15, 0.2) is 27.8 Å². The van der Waals surface area contributed by atoms with Crippen molar-refractivity contribution in [3.05, 3.63) is 27.9 Å². The van der Waals surface area contributed by atoms with E-state index in [1.54, 1.807) is 6.20 Å². The third-order valence-corrected chi connectivity index (χ3v) is 7.13. The lowest BCUT2D eigenvalue weighted by Crippen LogP contribution is -2.51.